The number of hydrogen-bond donors (Lipinski definition) is 3. The van der Waals surface area contributed by atoms with Crippen molar-refractivity contribution < 1.29 is 4.79 Å². The predicted molar refractivity (Wildman–Crippen MR) is 132 cm³/mol. The van der Waals surface area contributed by atoms with Crippen LogP contribution in [0.4, 0.5) is 11.9 Å². The van der Waals surface area contributed by atoms with Crippen molar-refractivity contribution in [1.82, 2.24) is 19.5 Å². The molecule has 5 aromatic rings. The van der Waals surface area contributed by atoms with E-state index < -0.39 is 0 Å². The molecule has 9 heteroatoms. The third-order valence-electron chi connectivity index (χ3n) is 5.20. The standard InChI is InChI=1S/C24H21N7OS/c25-12-14-31-18-8-4-7-16(15-5-2-1-3-6-15)21(18)29-24(31)30-22(32)20-10-9-19(33-20)17-11-13-27-23(26)28-17/h1-11,13H,12,14,25H2,(H2,26,27,28)(H,29,30,32). The summed E-state index contributed by atoms with van der Waals surface area (Å²) in [6.07, 6.45) is 1.59. The third kappa shape index (κ3) is 4.07. The Morgan fingerprint density at radius 2 is 1.85 bits per heavy atom. The van der Waals surface area contributed by atoms with Crippen LogP contribution < -0.4 is 16.8 Å². The first-order chi connectivity index (χ1) is 16.1. The highest BCUT2D eigenvalue weighted by Gasteiger charge is 2.18. The van der Waals surface area contributed by atoms with Gasteiger partial charge in [0.2, 0.25) is 11.9 Å². The molecule has 0 spiro atoms. The summed E-state index contributed by atoms with van der Waals surface area (Å²) < 4.78 is 1.94. The smallest absolute Gasteiger partial charge is 0.268 e. The molecule has 5 rings (SSSR count). The first-order valence-electron chi connectivity index (χ1n) is 10.4. The number of hydrogen-bond acceptors (Lipinski definition) is 7. The number of carbonyl (C=O) groups excluding carboxylic acids is 1. The molecule has 164 valence electrons. The molecule has 0 bridgehead atoms. The SMILES string of the molecule is NCCn1c(NC(=O)c2ccc(-c3ccnc(N)n3)s2)nc2c(-c3ccccc3)cccc21. The van der Waals surface area contributed by atoms with E-state index in [-0.39, 0.29) is 11.9 Å². The number of aromatic nitrogens is 4. The molecule has 0 aliphatic carbocycles. The zero-order valence-corrected chi connectivity index (χ0v) is 18.4. The third-order valence-corrected chi connectivity index (χ3v) is 6.30. The summed E-state index contributed by atoms with van der Waals surface area (Å²) in [6, 6.07) is 21.4. The maximum absolute atomic E-state index is 13.1. The Kier molecular flexibility index (Phi) is 5.55. The molecule has 3 heterocycles. The van der Waals surface area contributed by atoms with Gasteiger partial charge < -0.3 is 16.0 Å². The number of nitrogens with one attached hydrogen (secondary N) is 1. The number of fused-ring (bicyclic) bond motifs is 1. The minimum Gasteiger partial charge on any atom is -0.368 e. The molecule has 5 N–H and O–H groups in total. The van der Waals surface area contributed by atoms with Crippen LogP contribution in [0.3, 0.4) is 0 Å². The van der Waals surface area contributed by atoms with Crippen LogP contribution in [0.2, 0.25) is 0 Å². The lowest BCUT2D eigenvalue weighted by atomic mass is 10.0. The Bertz CT molecular complexity index is 1440. The van der Waals surface area contributed by atoms with Crippen molar-refractivity contribution in [1.29, 1.82) is 0 Å². The number of amides is 1. The molecular formula is C24H21N7OS. The van der Waals surface area contributed by atoms with Crippen LogP contribution in [-0.4, -0.2) is 32.0 Å². The van der Waals surface area contributed by atoms with Gasteiger partial charge in [-0.25, -0.2) is 15.0 Å². The summed E-state index contributed by atoms with van der Waals surface area (Å²) in [5, 5.41) is 2.97. The van der Waals surface area contributed by atoms with Gasteiger partial charge in [-0.05, 0) is 29.8 Å². The van der Waals surface area contributed by atoms with Gasteiger partial charge in [0.1, 0.15) is 0 Å². The Hall–Kier alpha value is -4.08. The number of nitrogen functional groups attached to an aromatic ring is 1. The lowest BCUT2D eigenvalue weighted by Gasteiger charge is -2.08. The highest BCUT2D eigenvalue weighted by molar-refractivity contribution is 7.17. The summed E-state index contributed by atoms with van der Waals surface area (Å²) in [5.74, 6) is 0.407. The molecule has 2 aromatic carbocycles. The lowest BCUT2D eigenvalue weighted by molar-refractivity contribution is 0.102. The van der Waals surface area contributed by atoms with Gasteiger partial charge in [-0.15, -0.1) is 11.3 Å². The highest BCUT2D eigenvalue weighted by atomic mass is 32.1. The van der Waals surface area contributed by atoms with Gasteiger partial charge >= 0.3 is 0 Å². The van der Waals surface area contributed by atoms with Crippen molar-refractivity contribution in [3.05, 3.63) is 77.8 Å². The summed E-state index contributed by atoms with van der Waals surface area (Å²) >= 11 is 1.33. The van der Waals surface area contributed by atoms with Crippen molar-refractivity contribution in [2.24, 2.45) is 5.73 Å². The normalized spacial score (nSPS) is 11.1. The Labute approximate surface area is 193 Å². The fraction of sp³-hybridized carbons (Fsp3) is 0.0833. The number of benzene rings is 2. The Morgan fingerprint density at radius 3 is 2.64 bits per heavy atom. The number of anilines is 2. The van der Waals surface area contributed by atoms with Crippen LogP contribution in [-0.2, 0) is 6.54 Å². The number of nitrogens with zero attached hydrogens (tertiary/aromatic N) is 4. The van der Waals surface area contributed by atoms with Crippen LogP contribution in [0.5, 0.6) is 0 Å². The quantitative estimate of drug-likeness (QED) is 0.355. The zero-order valence-electron chi connectivity index (χ0n) is 17.6. The number of thiophene rings is 1. The minimum absolute atomic E-state index is 0.191. The van der Waals surface area contributed by atoms with Gasteiger partial charge in [0.15, 0.2) is 0 Å². The second kappa shape index (κ2) is 8.81. The fourth-order valence-electron chi connectivity index (χ4n) is 3.72. The van der Waals surface area contributed by atoms with Crippen LogP contribution in [0.15, 0.2) is 72.9 Å². The predicted octanol–water partition coefficient (Wildman–Crippen LogP) is 4.02. The van der Waals surface area contributed by atoms with Crippen molar-refractivity contribution in [3.63, 3.8) is 0 Å². The Morgan fingerprint density at radius 1 is 1.00 bits per heavy atom. The van der Waals surface area contributed by atoms with Crippen LogP contribution in [0.1, 0.15) is 9.67 Å². The monoisotopic (exact) mass is 455 g/mol. The van der Waals surface area contributed by atoms with Crippen LogP contribution in [0, 0.1) is 0 Å². The van der Waals surface area contributed by atoms with E-state index in [2.05, 4.69) is 15.3 Å². The summed E-state index contributed by atoms with van der Waals surface area (Å²) in [7, 11) is 0. The van der Waals surface area contributed by atoms with Crippen molar-refractivity contribution >= 4 is 40.2 Å². The van der Waals surface area contributed by atoms with E-state index >= 15 is 0 Å². The second-order valence-corrected chi connectivity index (χ2v) is 8.42. The lowest BCUT2D eigenvalue weighted by Crippen LogP contribution is -2.17. The van der Waals surface area contributed by atoms with Gasteiger partial charge in [-0.3, -0.25) is 10.1 Å². The zero-order chi connectivity index (χ0) is 22.8. The topological polar surface area (TPSA) is 125 Å². The van der Waals surface area contributed by atoms with E-state index in [1.807, 2.05) is 59.2 Å². The Balaban J connectivity index is 1.50. The largest absolute Gasteiger partial charge is 0.368 e. The molecule has 1 amide bonds. The molecule has 0 radical (unpaired) electrons. The summed E-state index contributed by atoms with van der Waals surface area (Å²) in [5.41, 5.74) is 16.0. The maximum Gasteiger partial charge on any atom is 0.268 e. The molecule has 0 saturated carbocycles. The number of rotatable bonds is 6. The number of carbonyl (C=O) groups is 1. The van der Waals surface area contributed by atoms with Crippen LogP contribution in [0.25, 0.3) is 32.7 Å². The van der Waals surface area contributed by atoms with Crippen molar-refractivity contribution in [3.8, 4) is 21.7 Å². The molecule has 3 aromatic heterocycles. The van der Waals surface area contributed by atoms with Gasteiger partial charge in [-0.2, -0.15) is 0 Å². The molecule has 8 nitrogen and oxygen atoms in total. The molecular weight excluding hydrogens is 434 g/mol. The molecule has 0 aliphatic heterocycles. The molecule has 0 saturated heterocycles. The van der Waals surface area contributed by atoms with E-state index in [0.29, 0.717) is 29.6 Å². The first-order valence-corrected chi connectivity index (χ1v) is 11.2. The van der Waals surface area contributed by atoms with E-state index in [9.17, 15) is 4.79 Å². The molecule has 0 unspecified atom stereocenters. The van der Waals surface area contributed by atoms with Gasteiger partial charge in [-0.1, -0.05) is 42.5 Å². The number of nitrogens with two attached hydrogens (primary N) is 2. The molecule has 33 heavy (non-hydrogen) atoms. The van der Waals surface area contributed by atoms with Gasteiger partial charge in [0.25, 0.3) is 5.91 Å². The molecule has 0 atom stereocenters. The van der Waals surface area contributed by atoms with E-state index in [1.54, 1.807) is 18.3 Å². The molecule has 0 aliphatic rings. The van der Waals surface area contributed by atoms with Crippen molar-refractivity contribution in [2.75, 3.05) is 17.6 Å². The van der Waals surface area contributed by atoms with Crippen molar-refractivity contribution in [2.45, 2.75) is 6.54 Å². The maximum atomic E-state index is 13.1. The summed E-state index contributed by atoms with van der Waals surface area (Å²) in [6.45, 7) is 0.947. The average molecular weight is 456 g/mol. The first kappa shape index (κ1) is 20.8. The number of imidazole rings is 1. The van der Waals surface area contributed by atoms with E-state index in [4.69, 9.17) is 16.5 Å². The summed E-state index contributed by atoms with van der Waals surface area (Å²) in [4.78, 5) is 27.4. The average Bonchev–Trinajstić information content (AvgIpc) is 3.46. The minimum atomic E-state index is -0.247. The van der Waals surface area contributed by atoms with Crippen LogP contribution >= 0.6 is 11.3 Å². The van der Waals surface area contributed by atoms with Gasteiger partial charge in [0.05, 0.1) is 26.5 Å². The van der Waals surface area contributed by atoms with Gasteiger partial charge in [0, 0.05) is 24.8 Å². The van der Waals surface area contributed by atoms with E-state index in [0.717, 1.165) is 27.0 Å². The fourth-order valence-corrected chi connectivity index (χ4v) is 4.59. The second-order valence-electron chi connectivity index (χ2n) is 7.33. The van der Waals surface area contributed by atoms with E-state index in [1.165, 1.54) is 11.3 Å². The highest BCUT2D eigenvalue weighted by Crippen LogP contribution is 2.31. The molecule has 0 fully saturated rings. The number of para-hydroxylation sites is 1.